The lowest BCUT2D eigenvalue weighted by Crippen LogP contribution is -2.09. The van der Waals surface area contributed by atoms with Gasteiger partial charge in [-0.2, -0.15) is 10.2 Å². The zero-order chi connectivity index (χ0) is 14.8. The van der Waals surface area contributed by atoms with E-state index in [-0.39, 0.29) is 0 Å². The van der Waals surface area contributed by atoms with Crippen molar-refractivity contribution in [1.29, 1.82) is 0 Å². The number of hydrogen-bond acceptors (Lipinski definition) is 3. The first kappa shape index (κ1) is 13.9. The Morgan fingerprint density at radius 2 is 1.95 bits per heavy atom. The second-order valence-electron chi connectivity index (χ2n) is 4.65. The van der Waals surface area contributed by atoms with E-state index in [1.165, 1.54) is 0 Å². The second-order valence-corrected chi connectivity index (χ2v) is 5.06. The second kappa shape index (κ2) is 5.71. The van der Waals surface area contributed by atoms with Gasteiger partial charge in [-0.1, -0.05) is 29.8 Å². The van der Waals surface area contributed by atoms with E-state index >= 15 is 0 Å². The molecule has 0 saturated carbocycles. The van der Waals surface area contributed by atoms with E-state index in [4.69, 9.17) is 11.6 Å². The molecule has 3 aromatic rings. The first-order valence-electron chi connectivity index (χ1n) is 6.70. The van der Waals surface area contributed by atoms with Crippen LogP contribution in [0.15, 0.2) is 48.9 Å². The summed E-state index contributed by atoms with van der Waals surface area (Å²) in [5, 5.41) is 19.4. The van der Waals surface area contributed by atoms with Crippen molar-refractivity contribution in [3.63, 3.8) is 0 Å². The van der Waals surface area contributed by atoms with Gasteiger partial charge in [-0.15, -0.1) is 0 Å². The maximum absolute atomic E-state index is 10.5. The molecule has 21 heavy (non-hydrogen) atoms. The van der Waals surface area contributed by atoms with E-state index in [1.807, 2.05) is 37.3 Å². The number of aryl methyl sites for hydroxylation is 1. The summed E-state index contributed by atoms with van der Waals surface area (Å²) in [7, 11) is 0. The Morgan fingerprint density at radius 1 is 1.19 bits per heavy atom. The van der Waals surface area contributed by atoms with Crippen LogP contribution in [0.3, 0.4) is 0 Å². The lowest BCUT2D eigenvalue weighted by Gasteiger charge is -2.11. The first-order chi connectivity index (χ1) is 10.2. The fourth-order valence-corrected chi connectivity index (χ4v) is 2.50. The minimum absolute atomic E-state index is 0.455. The van der Waals surface area contributed by atoms with Crippen molar-refractivity contribution in [3.8, 4) is 5.69 Å². The standard InChI is InChI=1S/C15H15ClN4O/c1-2-19-14(13(16)9-18-19)15(21)11-8-17-20(10-11)12-6-4-3-5-7-12/h3-10,15,21H,2H2,1H3. The molecule has 3 rings (SSSR count). The molecule has 6 heteroatoms. The number of para-hydroxylation sites is 1. The summed E-state index contributed by atoms with van der Waals surface area (Å²) in [6.45, 7) is 2.60. The number of nitrogens with zero attached hydrogens (tertiary/aromatic N) is 4. The minimum Gasteiger partial charge on any atom is -0.382 e. The summed E-state index contributed by atoms with van der Waals surface area (Å²) in [5.41, 5.74) is 2.20. The molecule has 1 aromatic carbocycles. The van der Waals surface area contributed by atoms with E-state index in [0.717, 1.165) is 5.69 Å². The van der Waals surface area contributed by atoms with Gasteiger partial charge in [0.25, 0.3) is 0 Å². The highest BCUT2D eigenvalue weighted by Gasteiger charge is 2.20. The van der Waals surface area contributed by atoms with Gasteiger partial charge in [-0.05, 0) is 19.1 Å². The lowest BCUT2D eigenvalue weighted by molar-refractivity contribution is 0.208. The van der Waals surface area contributed by atoms with E-state index in [2.05, 4.69) is 10.2 Å². The van der Waals surface area contributed by atoms with Crippen LogP contribution in [0, 0.1) is 0 Å². The van der Waals surface area contributed by atoms with Crippen LogP contribution in [0.5, 0.6) is 0 Å². The Kier molecular flexibility index (Phi) is 3.77. The molecule has 0 fully saturated rings. The van der Waals surface area contributed by atoms with Gasteiger partial charge in [-0.3, -0.25) is 4.68 Å². The smallest absolute Gasteiger partial charge is 0.125 e. The maximum atomic E-state index is 10.5. The summed E-state index contributed by atoms with van der Waals surface area (Å²) >= 11 is 6.12. The zero-order valence-corrected chi connectivity index (χ0v) is 12.3. The fourth-order valence-electron chi connectivity index (χ4n) is 2.25. The quantitative estimate of drug-likeness (QED) is 0.806. The molecule has 0 aliphatic heterocycles. The predicted octanol–water partition coefficient (Wildman–Crippen LogP) is 2.82. The Hall–Kier alpha value is -2.11. The van der Waals surface area contributed by atoms with E-state index in [0.29, 0.717) is 22.8 Å². The number of aliphatic hydroxyl groups excluding tert-OH is 1. The molecule has 1 atom stereocenters. The zero-order valence-electron chi connectivity index (χ0n) is 11.5. The molecule has 1 N–H and O–H groups in total. The lowest BCUT2D eigenvalue weighted by atomic mass is 10.1. The molecule has 0 radical (unpaired) electrons. The summed E-state index contributed by atoms with van der Waals surface area (Å²) in [4.78, 5) is 0. The fraction of sp³-hybridized carbons (Fsp3) is 0.200. The Bertz CT molecular complexity index is 735. The van der Waals surface area contributed by atoms with Gasteiger partial charge in [0.2, 0.25) is 0 Å². The average molecular weight is 303 g/mol. The van der Waals surface area contributed by atoms with Gasteiger partial charge in [0.15, 0.2) is 0 Å². The minimum atomic E-state index is -0.850. The molecule has 5 nitrogen and oxygen atoms in total. The third-order valence-corrected chi connectivity index (χ3v) is 3.62. The van der Waals surface area contributed by atoms with Crippen LogP contribution in [0.1, 0.15) is 24.3 Å². The Morgan fingerprint density at radius 3 is 2.67 bits per heavy atom. The van der Waals surface area contributed by atoms with Crippen molar-refractivity contribution in [1.82, 2.24) is 19.6 Å². The van der Waals surface area contributed by atoms with Crippen molar-refractivity contribution >= 4 is 11.6 Å². The van der Waals surface area contributed by atoms with Crippen molar-refractivity contribution in [2.45, 2.75) is 19.6 Å². The van der Waals surface area contributed by atoms with Gasteiger partial charge in [0, 0.05) is 18.3 Å². The van der Waals surface area contributed by atoms with Crippen LogP contribution < -0.4 is 0 Å². The van der Waals surface area contributed by atoms with Crippen LogP contribution in [0.2, 0.25) is 5.02 Å². The van der Waals surface area contributed by atoms with E-state index in [1.54, 1.807) is 28.0 Å². The van der Waals surface area contributed by atoms with Gasteiger partial charge >= 0.3 is 0 Å². The summed E-state index contributed by atoms with van der Waals surface area (Å²) < 4.78 is 3.41. The third kappa shape index (κ3) is 2.57. The number of benzene rings is 1. The Labute approximate surface area is 127 Å². The molecular formula is C15H15ClN4O. The summed E-state index contributed by atoms with van der Waals surface area (Å²) in [6, 6.07) is 9.73. The SMILES string of the molecule is CCn1ncc(Cl)c1C(O)c1cnn(-c2ccccc2)c1. The van der Waals surface area contributed by atoms with E-state index in [9.17, 15) is 5.11 Å². The van der Waals surface area contributed by atoms with Crippen LogP contribution in [-0.2, 0) is 6.54 Å². The number of aliphatic hydroxyl groups is 1. The first-order valence-corrected chi connectivity index (χ1v) is 7.07. The summed E-state index contributed by atoms with van der Waals surface area (Å²) in [6.07, 6.45) is 4.13. The molecule has 0 spiro atoms. The largest absolute Gasteiger partial charge is 0.382 e. The van der Waals surface area contributed by atoms with Crippen LogP contribution in [0.25, 0.3) is 5.69 Å². The third-order valence-electron chi connectivity index (χ3n) is 3.33. The average Bonchev–Trinajstić information content (AvgIpc) is 3.14. The number of aromatic nitrogens is 4. The topological polar surface area (TPSA) is 55.9 Å². The van der Waals surface area contributed by atoms with Gasteiger partial charge in [0.1, 0.15) is 6.10 Å². The van der Waals surface area contributed by atoms with Gasteiger partial charge < -0.3 is 5.11 Å². The van der Waals surface area contributed by atoms with E-state index < -0.39 is 6.10 Å². The van der Waals surface area contributed by atoms with Crippen LogP contribution >= 0.6 is 11.6 Å². The molecule has 108 valence electrons. The summed E-state index contributed by atoms with van der Waals surface area (Å²) in [5.74, 6) is 0. The monoisotopic (exact) mass is 302 g/mol. The molecule has 0 saturated heterocycles. The van der Waals surface area contributed by atoms with Crippen molar-refractivity contribution in [3.05, 3.63) is 65.2 Å². The molecule has 1 unspecified atom stereocenters. The van der Waals surface area contributed by atoms with Crippen molar-refractivity contribution in [2.75, 3.05) is 0 Å². The molecule has 0 bridgehead atoms. The molecule has 2 heterocycles. The normalized spacial score (nSPS) is 12.5. The van der Waals surface area contributed by atoms with Crippen LogP contribution in [-0.4, -0.2) is 24.7 Å². The van der Waals surface area contributed by atoms with Crippen LogP contribution in [0.4, 0.5) is 0 Å². The number of rotatable bonds is 4. The molecule has 0 aliphatic rings. The highest BCUT2D eigenvalue weighted by atomic mass is 35.5. The predicted molar refractivity (Wildman–Crippen MR) is 80.5 cm³/mol. The highest BCUT2D eigenvalue weighted by Crippen LogP contribution is 2.28. The Balaban J connectivity index is 1.94. The van der Waals surface area contributed by atoms with Crippen molar-refractivity contribution in [2.24, 2.45) is 0 Å². The number of hydrogen-bond donors (Lipinski definition) is 1. The maximum Gasteiger partial charge on any atom is 0.125 e. The molecule has 2 aromatic heterocycles. The number of halogens is 1. The van der Waals surface area contributed by atoms with Crippen molar-refractivity contribution < 1.29 is 5.11 Å². The van der Waals surface area contributed by atoms with Gasteiger partial charge in [0.05, 0.1) is 28.8 Å². The molecule has 0 aliphatic carbocycles. The highest BCUT2D eigenvalue weighted by molar-refractivity contribution is 6.31. The molecular weight excluding hydrogens is 288 g/mol. The molecule has 0 amide bonds. The van der Waals surface area contributed by atoms with Gasteiger partial charge in [-0.25, -0.2) is 4.68 Å².